The summed E-state index contributed by atoms with van der Waals surface area (Å²) in [6.45, 7) is 6.21. The van der Waals surface area contributed by atoms with E-state index in [0.29, 0.717) is 6.61 Å². The van der Waals surface area contributed by atoms with E-state index in [2.05, 4.69) is 23.1 Å². The SMILES string of the molecule is CCn1cc(CN2CCOCC2CO)cn1. The Morgan fingerprint density at radius 3 is 3.19 bits per heavy atom. The molecule has 5 nitrogen and oxygen atoms in total. The summed E-state index contributed by atoms with van der Waals surface area (Å²) in [6, 6.07) is 0.124. The first-order valence-electron chi connectivity index (χ1n) is 5.77. The second-order valence-electron chi connectivity index (χ2n) is 4.09. The molecule has 1 aliphatic rings. The lowest BCUT2D eigenvalue weighted by Gasteiger charge is -2.33. The molecule has 0 amide bonds. The van der Waals surface area contributed by atoms with Crippen molar-refractivity contribution in [1.29, 1.82) is 0 Å². The Morgan fingerprint density at radius 2 is 2.50 bits per heavy atom. The maximum atomic E-state index is 9.25. The molecule has 16 heavy (non-hydrogen) atoms. The van der Waals surface area contributed by atoms with Crippen molar-refractivity contribution in [2.75, 3.05) is 26.4 Å². The molecule has 0 spiro atoms. The average molecular weight is 225 g/mol. The number of hydrogen-bond donors (Lipinski definition) is 1. The molecule has 1 unspecified atom stereocenters. The maximum Gasteiger partial charge on any atom is 0.0644 e. The zero-order chi connectivity index (χ0) is 11.4. The van der Waals surface area contributed by atoms with E-state index < -0.39 is 0 Å². The second-order valence-corrected chi connectivity index (χ2v) is 4.09. The molecule has 1 saturated heterocycles. The largest absolute Gasteiger partial charge is 0.395 e. The maximum absolute atomic E-state index is 9.25. The summed E-state index contributed by atoms with van der Waals surface area (Å²) in [5, 5.41) is 13.5. The van der Waals surface area contributed by atoms with Gasteiger partial charge in [-0.1, -0.05) is 0 Å². The number of aryl methyl sites for hydroxylation is 1. The molecule has 0 aliphatic carbocycles. The van der Waals surface area contributed by atoms with Crippen LogP contribution in [0.3, 0.4) is 0 Å². The summed E-state index contributed by atoms with van der Waals surface area (Å²) in [5.41, 5.74) is 1.20. The Morgan fingerprint density at radius 1 is 1.62 bits per heavy atom. The van der Waals surface area contributed by atoms with Crippen LogP contribution in [-0.2, 0) is 17.8 Å². The van der Waals surface area contributed by atoms with Gasteiger partial charge in [-0.25, -0.2) is 0 Å². The highest BCUT2D eigenvalue weighted by molar-refractivity contribution is 5.04. The van der Waals surface area contributed by atoms with E-state index in [0.717, 1.165) is 26.2 Å². The van der Waals surface area contributed by atoms with Crippen LogP contribution in [-0.4, -0.2) is 52.2 Å². The minimum absolute atomic E-state index is 0.124. The zero-order valence-corrected chi connectivity index (χ0v) is 9.67. The van der Waals surface area contributed by atoms with Crippen LogP contribution in [0.15, 0.2) is 12.4 Å². The van der Waals surface area contributed by atoms with E-state index in [4.69, 9.17) is 4.74 Å². The van der Waals surface area contributed by atoms with E-state index in [1.807, 2.05) is 10.9 Å². The molecule has 0 aromatic carbocycles. The van der Waals surface area contributed by atoms with Crippen molar-refractivity contribution in [1.82, 2.24) is 14.7 Å². The number of aliphatic hydroxyl groups is 1. The first-order valence-corrected chi connectivity index (χ1v) is 5.77. The number of nitrogens with zero attached hydrogens (tertiary/aromatic N) is 3. The van der Waals surface area contributed by atoms with E-state index >= 15 is 0 Å². The van der Waals surface area contributed by atoms with Crippen LogP contribution in [0.5, 0.6) is 0 Å². The molecule has 1 N–H and O–H groups in total. The van der Waals surface area contributed by atoms with Gasteiger partial charge in [0.25, 0.3) is 0 Å². The average Bonchev–Trinajstić information content (AvgIpc) is 2.77. The van der Waals surface area contributed by atoms with Crippen molar-refractivity contribution in [2.24, 2.45) is 0 Å². The van der Waals surface area contributed by atoms with Gasteiger partial charge in [0, 0.05) is 31.4 Å². The van der Waals surface area contributed by atoms with Gasteiger partial charge in [-0.3, -0.25) is 9.58 Å². The number of ether oxygens (including phenoxy) is 1. The molecule has 90 valence electrons. The van der Waals surface area contributed by atoms with Gasteiger partial charge in [-0.2, -0.15) is 5.10 Å². The van der Waals surface area contributed by atoms with Gasteiger partial charge in [-0.15, -0.1) is 0 Å². The Labute approximate surface area is 95.6 Å². The predicted octanol–water partition coefficient (Wildman–Crippen LogP) is 0.0961. The van der Waals surface area contributed by atoms with Gasteiger partial charge in [0.15, 0.2) is 0 Å². The summed E-state index contributed by atoms with van der Waals surface area (Å²) in [6.07, 6.45) is 3.96. The van der Waals surface area contributed by atoms with Crippen molar-refractivity contribution in [3.8, 4) is 0 Å². The van der Waals surface area contributed by atoms with Crippen molar-refractivity contribution in [3.05, 3.63) is 18.0 Å². The Bertz CT molecular complexity index is 327. The molecule has 1 atom stereocenters. The van der Waals surface area contributed by atoms with E-state index in [-0.39, 0.29) is 12.6 Å². The number of aliphatic hydroxyl groups excluding tert-OH is 1. The van der Waals surface area contributed by atoms with Crippen molar-refractivity contribution in [3.63, 3.8) is 0 Å². The van der Waals surface area contributed by atoms with Crippen LogP contribution >= 0.6 is 0 Å². The molecule has 1 aromatic rings. The first-order chi connectivity index (χ1) is 7.83. The molecule has 2 heterocycles. The minimum atomic E-state index is 0.124. The summed E-state index contributed by atoms with van der Waals surface area (Å²) in [4.78, 5) is 2.25. The third-order valence-electron chi connectivity index (χ3n) is 2.96. The molecule has 0 radical (unpaired) electrons. The van der Waals surface area contributed by atoms with Gasteiger partial charge in [0.1, 0.15) is 0 Å². The molecular weight excluding hydrogens is 206 g/mol. The van der Waals surface area contributed by atoms with Crippen LogP contribution in [0.1, 0.15) is 12.5 Å². The fourth-order valence-electron chi connectivity index (χ4n) is 1.96. The van der Waals surface area contributed by atoms with Crippen LogP contribution in [0.4, 0.5) is 0 Å². The van der Waals surface area contributed by atoms with Gasteiger partial charge in [-0.05, 0) is 6.92 Å². The second kappa shape index (κ2) is 5.43. The van der Waals surface area contributed by atoms with E-state index in [1.54, 1.807) is 0 Å². The fraction of sp³-hybridized carbons (Fsp3) is 0.727. The van der Waals surface area contributed by atoms with Gasteiger partial charge >= 0.3 is 0 Å². The fourth-order valence-corrected chi connectivity index (χ4v) is 1.96. The Hall–Kier alpha value is -0.910. The number of hydrogen-bond acceptors (Lipinski definition) is 4. The lowest BCUT2D eigenvalue weighted by atomic mass is 10.2. The van der Waals surface area contributed by atoms with Gasteiger partial charge < -0.3 is 9.84 Å². The summed E-state index contributed by atoms with van der Waals surface area (Å²) >= 11 is 0. The zero-order valence-electron chi connectivity index (χ0n) is 9.67. The quantitative estimate of drug-likeness (QED) is 0.789. The lowest BCUT2D eigenvalue weighted by Crippen LogP contribution is -2.46. The van der Waals surface area contributed by atoms with Crippen LogP contribution < -0.4 is 0 Å². The van der Waals surface area contributed by atoms with Crippen molar-refractivity contribution < 1.29 is 9.84 Å². The third kappa shape index (κ3) is 2.61. The minimum Gasteiger partial charge on any atom is -0.395 e. The predicted molar refractivity (Wildman–Crippen MR) is 60.0 cm³/mol. The standard InChI is InChI=1S/C11H19N3O2/c1-2-14-7-10(5-12-14)6-13-3-4-16-9-11(13)8-15/h5,7,11,15H,2-4,6,8-9H2,1H3. The van der Waals surface area contributed by atoms with E-state index in [9.17, 15) is 5.11 Å². The summed E-state index contributed by atoms with van der Waals surface area (Å²) in [7, 11) is 0. The smallest absolute Gasteiger partial charge is 0.0644 e. The van der Waals surface area contributed by atoms with Gasteiger partial charge in [0.05, 0.1) is 32.1 Å². The summed E-state index contributed by atoms with van der Waals surface area (Å²) in [5.74, 6) is 0. The molecular formula is C11H19N3O2. The molecule has 1 aromatic heterocycles. The third-order valence-corrected chi connectivity index (χ3v) is 2.96. The molecule has 0 bridgehead atoms. The normalized spacial score (nSPS) is 22.5. The number of rotatable bonds is 4. The first kappa shape index (κ1) is 11.6. The molecule has 0 saturated carbocycles. The highest BCUT2D eigenvalue weighted by Gasteiger charge is 2.22. The monoisotopic (exact) mass is 225 g/mol. The lowest BCUT2D eigenvalue weighted by molar-refractivity contribution is -0.0312. The molecule has 2 rings (SSSR count). The van der Waals surface area contributed by atoms with Crippen LogP contribution in [0.25, 0.3) is 0 Å². The highest BCUT2D eigenvalue weighted by atomic mass is 16.5. The van der Waals surface area contributed by atoms with Crippen molar-refractivity contribution >= 4 is 0 Å². The Kier molecular flexibility index (Phi) is 3.93. The topological polar surface area (TPSA) is 50.5 Å². The highest BCUT2D eigenvalue weighted by Crippen LogP contribution is 2.11. The summed E-state index contributed by atoms with van der Waals surface area (Å²) < 4.78 is 7.27. The van der Waals surface area contributed by atoms with Crippen molar-refractivity contribution in [2.45, 2.75) is 26.1 Å². The number of aromatic nitrogens is 2. The van der Waals surface area contributed by atoms with Crippen LogP contribution in [0, 0.1) is 0 Å². The molecule has 1 fully saturated rings. The Balaban J connectivity index is 1.96. The van der Waals surface area contributed by atoms with Gasteiger partial charge in [0.2, 0.25) is 0 Å². The molecule has 5 heteroatoms. The molecule has 1 aliphatic heterocycles. The van der Waals surface area contributed by atoms with Crippen LogP contribution in [0.2, 0.25) is 0 Å². The number of morpholine rings is 1. The van der Waals surface area contributed by atoms with E-state index in [1.165, 1.54) is 5.56 Å².